The highest BCUT2D eigenvalue weighted by molar-refractivity contribution is 7.09. The first-order valence-corrected chi connectivity index (χ1v) is 6.92. The molecule has 0 unspecified atom stereocenters. The minimum Gasteiger partial charge on any atom is -0.366 e. The Labute approximate surface area is 120 Å². The largest absolute Gasteiger partial charge is 0.366 e. The monoisotopic (exact) mass is 289 g/mol. The van der Waals surface area contributed by atoms with Gasteiger partial charge in [0.2, 0.25) is 5.91 Å². The zero-order chi connectivity index (χ0) is 14.5. The van der Waals surface area contributed by atoms with Crippen molar-refractivity contribution in [2.24, 2.45) is 5.73 Å². The molecule has 0 radical (unpaired) electrons. The molecule has 0 spiro atoms. The van der Waals surface area contributed by atoms with Gasteiger partial charge >= 0.3 is 6.03 Å². The van der Waals surface area contributed by atoms with E-state index in [2.05, 4.69) is 10.6 Å². The standard InChI is InChI=1S/C14H15N3O2S/c1-9-7-10(4-5-12(9)13(15)18)17-14(19)16-8-11-3-2-6-20-11/h2-7H,8H2,1H3,(H2,15,18)(H2,16,17,19). The lowest BCUT2D eigenvalue weighted by atomic mass is 10.1. The van der Waals surface area contributed by atoms with Crippen molar-refractivity contribution in [2.45, 2.75) is 13.5 Å². The number of hydrogen-bond acceptors (Lipinski definition) is 3. The summed E-state index contributed by atoms with van der Waals surface area (Å²) < 4.78 is 0. The highest BCUT2D eigenvalue weighted by Gasteiger charge is 2.07. The van der Waals surface area contributed by atoms with E-state index in [4.69, 9.17) is 5.73 Å². The molecule has 0 saturated carbocycles. The number of carbonyl (C=O) groups is 2. The van der Waals surface area contributed by atoms with Crippen LogP contribution in [-0.2, 0) is 6.54 Å². The molecular formula is C14H15N3O2S. The smallest absolute Gasteiger partial charge is 0.319 e. The van der Waals surface area contributed by atoms with Crippen LogP contribution in [0.2, 0.25) is 0 Å². The van der Waals surface area contributed by atoms with E-state index in [9.17, 15) is 9.59 Å². The topological polar surface area (TPSA) is 84.2 Å². The molecule has 0 bridgehead atoms. The van der Waals surface area contributed by atoms with Crippen LogP contribution in [0.4, 0.5) is 10.5 Å². The second kappa shape index (κ2) is 6.21. The Morgan fingerprint density at radius 1 is 1.30 bits per heavy atom. The summed E-state index contributed by atoms with van der Waals surface area (Å²) in [6.07, 6.45) is 0. The van der Waals surface area contributed by atoms with Crippen molar-refractivity contribution in [3.8, 4) is 0 Å². The number of thiophene rings is 1. The van der Waals surface area contributed by atoms with Crippen LogP contribution in [0.25, 0.3) is 0 Å². The lowest BCUT2D eigenvalue weighted by Gasteiger charge is -2.09. The van der Waals surface area contributed by atoms with E-state index in [1.165, 1.54) is 0 Å². The molecule has 2 rings (SSSR count). The van der Waals surface area contributed by atoms with Gasteiger partial charge in [-0.3, -0.25) is 4.79 Å². The summed E-state index contributed by atoms with van der Waals surface area (Å²) in [4.78, 5) is 23.9. The fourth-order valence-corrected chi connectivity index (χ4v) is 2.42. The van der Waals surface area contributed by atoms with Crippen LogP contribution in [0.3, 0.4) is 0 Å². The van der Waals surface area contributed by atoms with Gasteiger partial charge in [0.15, 0.2) is 0 Å². The third-order valence-corrected chi connectivity index (χ3v) is 3.63. The van der Waals surface area contributed by atoms with Crippen molar-refractivity contribution in [2.75, 3.05) is 5.32 Å². The van der Waals surface area contributed by atoms with E-state index in [0.717, 1.165) is 10.4 Å². The molecule has 0 fully saturated rings. The van der Waals surface area contributed by atoms with Crippen molar-refractivity contribution in [3.05, 3.63) is 51.7 Å². The number of nitrogens with one attached hydrogen (secondary N) is 2. The predicted molar refractivity (Wildman–Crippen MR) is 79.9 cm³/mol. The van der Waals surface area contributed by atoms with Gasteiger partial charge in [-0.05, 0) is 42.1 Å². The fraction of sp³-hybridized carbons (Fsp3) is 0.143. The van der Waals surface area contributed by atoms with Crippen LogP contribution in [0.15, 0.2) is 35.7 Å². The first-order chi connectivity index (χ1) is 9.56. The summed E-state index contributed by atoms with van der Waals surface area (Å²) >= 11 is 1.58. The summed E-state index contributed by atoms with van der Waals surface area (Å²) in [5, 5.41) is 7.43. The number of anilines is 1. The minimum absolute atomic E-state index is 0.287. The molecule has 1 aromatic carbocycles. The zero-order valence-electron chi connectivity index (χ0n) is 11.0. The summed E-state index contributed by atoms with van der Waals surface area (Å²) in [7, 11) is 0. The summed E-state index contributed by atoms with van der Waals surface area (Å²) in [6, 6.07) is 8.57. The quantitative estimate of drug-likeness (QED) is 0.808. The Morgan fingerprint density at radius 2 is 2.10 bits per heavy atom. The van der Waals surface area contributed by atoms with E-state index in [1.54, 1.807) is 36.5 Å². The summed E-state index contributed by atoms with van der Waals surface area (Å²) in [5.74, 6) is -0.476. The normalized spacial score (nSPS) is 10.1. The van der Waals surface area contributed by atoms with Crippen LogP contribution in [-0.4, -0.2) is 11.9 Å². The van der Waals surface area contributed by atoms with Gasteiger partial charge in [-0.2, -0.15) is 0 Å². The van der Waals surface area contributed by atoms with Gasteiger partial charge in [-0.15, -0.1) is 11.3 Å². The third kappa shape index (κ3) is 3.58. The number of urea groups is 1. The Hall–Kier alpha value is -2.34. The molecule has 0 aliphatic carbocycles. The molecule has 0 saturated heterocycles. The molecule has 5 nitrogen and oxygen atoms in total. The van der Waals surface area contributed by atoms with Crippen LogP contribution in [0.1, 0.15) is 20.8 Å². The number of carbonyl (C=O) groups excluding carboxylic acids is 2. The van der Waals surface area contributed by atoms with Gasteiger partial charge in [-0.25, -0.2) is 4.79 Å². The van der Waals surface area contributed by atoms with E-state index in [-0.39, 0.29) is 6.03 Å². The highest BCUT2D eigenvalue weighted by Crippen LogP contribution is 2.15. The molecule has 0 aliphatic heterocycles. The molecule has 4 N–H and O–H groups in total. The number of benzene rings is 1. The maximum absolute atomic E-state index is 11.7. The van der Waals surface area contributed by atoms with Crippen molar-refractivity contribution >= 4 is 29.0 Å². The van der Waals surface area contributed by atoms with Gasteiger partial charge in [-0.1, -0.05) is 6.07 Å². The average Bonchev–Trinajstić information content (AvgIpc) is 2.89. The van der Waals surface area contributed by atoms with E-state index in [1.807, 2.05) is 17.5 Å². The number of hydrogen-bond donors (Lipinski definition) is 3. The first kappa shape index (κ1) is 14.1. The number of nitrogens with two attached hydrogens (primary N) is 1. The number of amides is 3. The van der Waals surface area contributed by atoms with E-state index >= 15 is 0 Å². The highest BCUT2D eigenvalue weighted by atomic mass is 32.1. The van der Waals surface area contributed by atoms with Gasteiger partial charge in [0.25, 0.3) is 0 Å². The molecule has 2 aromatic rings. The van der Waals surface area contributed by atoms with Gasteiger partial charge < -0.3 is 16.4 Å². The lowest BCUT2D eigenvalue weighted by Crippen LogP contribution is -2.27. The first-order valence-electron chi connectivity index (χ1n) is 6.04. The zero-order valence-corrected chi connectivity index (χ0v) is 11.8. The van der Waals surface area contributed by atoms with Crippen molar-refractivity contribution in [1.82, 2.24) is 5.32 Å². The molecule has 104 valence electrons. The van der Waals surface area contributed by atoms with E-state index in [0.29, 0.717) is 17.8 Å². The lowest BCUT2D eigenvalue weighted by molar-refractivity contribution is 0.0999. The second-order valence-corrected chi connectivity index (χ2v) is 5.31. The number of aryl methyl sites for hydroxylation is 1. The molecule has 3 amide bonds. The van der Waals surface area contributed by atoms with Crippen molar-refractivity contribution in [3.63, 3.8) is 0 Å². The molecule has 0 aliphatic rings. The number of primary amides is 1. The Morgan fingerprint density at radius 3 is 2.70 bits per heavy atom. The Bertz CT molecular complexity index is 623. The Balaban J connectivity index is 1.94. The summed E-state index contributed by atoms with van der Waals surface area (Å²) in [6.45, 7) is 2.26. The molecule has 0 atom stereocenters. The third-order valence-electron chi connectivity index (χ3n) is 2.75. The van der Waals surface area contributed by atoms with Gasteiger partial charge in [0, 0.05) is 16.1 Å². The SMILES string of the molecule is Cc1cc(NC(=O)NCc2cccs2)ccc1C(N)=O. The van der Waals surface area contributed by atoms with Crippen molar-refractivity contribution < 1.29 is 9.59 Å². The van der Waals surface area contributed by atoms with Gasteiger partial charge in [0.05, 0.1) is 6.54 Å². The second-order valence-electron chi connectivity index (χ2n) is 4.28. The molecule has 1 aromatic heterocycles. The maximum Gasteiger partial charge on any atom is 0.319 e. The Kier molecular flexibility index (Phi) is 4.37. The molecular weight excluding hydrogens is 274 g/mol. The minimum atomic E-state index is -0.476. The maximum atomic E-state index is 11.7. The van der Waals surface area contributed by atoms with Crippen LogP contribution in [0, 0.1) is 6.92 Å². The van der Waals surface area contributed by atoms with Crippen LogP contribution >= 0.6 is 11.3 Å². The molecule has 6 heteroatoms. The predicted octanol–water partition coefficient (Wildman–Crippen LogP) is 2.48. The van der Waals surface area contributed by atoms with Crippen LogP contribution in [0.5, 0.6) is 0 Å². The van der Waals surface area contributed by atoms with Crippen LogP contribution < -0.4 is 16.4 Å². The molecule has 20 heavy (non-hydrogen) atoms. The van der Waals surface area contributed by atoms with Crippen molar-refractivity contribution in [1.29, 1.82) is 0 Å². The fourth-order valence-electron chi connectivity index (χ4n) is 1.77. The number of rotatable bonds is 4. The van der Waals surface area contributed by atoms with E-state index < -0.39 is 5.91 Å². The summed E-state index contributed by atoms with van der Waals surface area (Å²) in [5.41, 5.74) is 7.04. The van der Waals surface area contributed by atoms with Gasteiger partial charge in [0.1, 0.15) is 0 Å². The average molecular weight is 289 g/mol. The molecule has 1 heterocycles.